The maximum Gasteiger partial charge on any atom is 0.196 e. The molecular weight excluding hydrogens is 345 g/mol. The van der Waals surface area contributed by atoms with Gasteiger partial charge in [-0.1, -0.05) is 110 Å². The van der Waals surface area contributed by atoms with Crippen molar-refractivity contribution < 1.29 is 4.39 Å². The maximum atomic E-state index is 12.9. The molecule has 0 aromatic heterocycles. The second kappa shape index (κ2) is 14.2. The molecule has 0 N–H and O–H groups in total. The van der Waals surface area contributed by atoms with E-state index in [-0.39, 0.29) is 0 Å². The molecule has 160 valence electrons. The molecule has 2 saturated carbocycles. The van der Waals surface area contributed by atoms with Gasteiger partial charge < -0.3 is 0 Å². The molecule has 2 aliphatic rings. The predicted octanol–water partition coefficient (Wildman–Crippen LogP) is 8.90. The van der Waals surface area contributed by atoms with Gasteiger partial charge in [-0.3, -0.25) is 0 Å². The van der Waals surface area contributed by atoms with Gasteiger partial charge in [-0.2, -0.15) is 9.65 Å². The van der Waals surface area contributed by atoms with E-state index in [1.54, 1.807) is 6.07 Å². The Morgan fingerprint density at radius 2 is 1.21 bits per heavy atom. The van der Waals surface area contributed by atoms with Crippen molar-refractivity contribution in [3.8, 4) is 6.07 Å². The molecule has 28 heavy (non-hydrogen) atoms. The van der Waals surface area contributed by atoms with E-state index >= 15 is 0 Å². The lowest BCUT2D eigenvalue weighted by Gasteiger charge is -2.32. The molecule has 0 radical (unpaired) electrons. The molecule has 0 aliphatic heterocycles. The van der Waals surface area contributed by atoms with Gasteiger partial charge in [0, 0.05) is 0 Å². The lowest BCUT2D eigenvalue weighted by atomic mass is 9.74. The Balaban J connectivity index is 1.49. The zero-order chi connectivity index (χ0) is 20.0. The summed E-state index contributed by atoms with van der Waals surface area (Å²) in [5, 5.41) is 8.46. The summed E-state index contributed by atoms with van der Waals surface area (Å²) in [4.78, 5) is 0. The third-order valence-corrected chi connectivity index (χ3v) is 7.64. The van der Waals surface area contributed by atoms with Crippen LogP contribution in [0.2, 0.25) is 0 Å². The molecule has 2 aliphatic carbocycles. The van der Waals surface area contributed by atoms with E-state index in [0.717, 1.165) is 36.5 Å². The second-order valence-electron chi connectivity index (χ2n) is 9.79. The predicted molar refractivity (Wildman–Crippen MR) is 118 cm³/mol. The summed E-state index contributed by atoms with van der Waals surface area (Å²) in [5.74, 6) is 3.13. The molecule has 2 fully saturated rings. The molecule has 0 saturated heterocycles. The second-order valence-corrected chi connectivity index (χ2v) is 9.79. The average Bonchev–Trinajstić information content (AvgIpc) is 2.73. The fourth-order valence-electron chi connectivity index (χ4n) is 5.62. The van der Waals surface area contributed by atoms with Crippen LogP contribution in [0.3, 0.4) is 0 Å². The van der Waals surface area contributed by atoms with Crippen molar-refractivity contribution in [1.29, 1.82) is 5.26 Å². The highest BCUT2D eigenvalue weighted by Crippen LogP contribution is 2.38. The molecule has 2 rings (SSSR count). The van der Waals surface area contributed by atoms with Crippen LogP contribution in [-0.4, -0.2) is 0 Å². The molecule has 1 nitrogen and oxygen atoms in total. The number of nitrogens with zero attached hydrogens (tertiary/aromatic N) is 1. The van der Waals surface area contributed by atoms with Crippen molar-refractivity contribution in [3.63, 3.8) is 0 Å². The van der Waals surface area contributed by atoms with Crippen LogP contribution in [0.1, 0.15) is 122 Å². The molecule has 0 aromatic rings. The molecule has 0 aromatic carbocycles. The summed E-state index contributed by atoms with van der Waals surface area (Å²) in [5.41, 5.74) is 0. The van der Waals surface area contributed by atoms with E-state index in [9.17, 15) is 4.39 Å². The Labute approximate surface area is 174 Å². The minimum atomic E-state index is -0.611. The van der Waals surface area contributed by atoms with Crippen LogP contribution in [0.5, 0.6) is 0 Å². The Kier molecular flexibility index (Phi) is 11.9. The molecule has 0 heterocycles. The summed E-state index contributed by atoms with van der Waals surface area (Å²) in [6.07, 6.45) is 26.2. The van der Waals surface area contributed by atoms with Gasteiger partial charge in [0.1, 0.15) is 6.07 Å². The Morgan fingerprint density at radius 3 is 1.71 bits per heavy atom. The van der Waals surface area contributed by atoms with E-state index in [0.29, 0.717) is 0 Å². The average molecular weight is 390 g/mol. The summed E-state index contributed by atoms with van der Waals surface area (Å²) >= 11 is 0. The largest absolute Gasteiger partial charge is 0.196 e. The summed E-state index contributed by atoms with van der Waals surface area (Å²) in [6, 6.07) is 1.57. The quantitative estimate of drug-likeness (QED) is 0.241. The van der Waals surface area contributed by atoms with Crippen LogP contribution in [0, 0.1) is 35.0 Å². The first-order chi connectivity index (χ1) is 13.7. The van der Waals surface area contributed by atoms with Gasteiger partial charge in [0.15, 0.2) is 5.83 Å². The van der Waals surface area contributed by atoms with Gasteiger partial charge in [0.2, 0.25) is 0 Å². The molecule has 0 amide bonds. The van der Waals surface area contributed by atoms with Crippen molar-refractivity contribution >= 4 is 0 Å². The van der Waals surface area contributed by atoms with Gasteiger partial charge in [0.05, 0.1) is 0 Å². The topological polar surface area (TPSA) is 23.8 Å². The fourth-order valence-corrected chi connectivity index (χ4v) is 5.62. The fraction of sp³-hybridized carbons (Fsp3) is 0.885. The number of allylic oxidation sites excluding steroid dienone is 2. The first-order valence-corrected chi connectivity index (χ1v) is 12.5. The molecule has 0 unspecified atom stereocenters. The van der Waals surface area contributed by atoms with Crippen molar-refractivity contribution in [2.24, 2.45) is 23.7 Å². The first-order valence-electron chi connectivity index (χ1n) is 12.5. The Morgan fingerprint density at radius 1 is 0.750 bits per heavy atom. The minimum absolute atomic E-state index is 0.611. The lowest BCUT2D eigenvalue weighted by molar-refractivity contribution is 0.208. The number of unbranched alkanes of at least 4 members (excludes halogenated alkanes) is 4. The van der Waals surface area contributed by atoms with Gasteiger partial charge in [-0.15, -0.1) is 0 Å². The standard InChI is InChI=1S/C26H44FN/c1-2-3-4-5-6-8-22-11-15-24(16-12-22)19-20-25-17-13-23(14-18-25)9-7-10-26(27)21-28/h10,22-25H,2-9,11-20H2,1H3/t22-,23-,24-,25-. The minimum Gasteiger partial charge on any atom is -0.195 e. The third-order valence-electron chi connectivity index (χ3n) is 7.64. The number of hydrogen-bond donors (Lipinski definition) is 0. The van der Waals surface area contributed by atoms with Crippen molar-refractivity contribution in [1.82, 2.24) is 0 Å². The highest BCUT2D eigenvalue weighted by molar-refractivity contribution is 5.11. The molecule has 0 spiro atoms. The van der Waals surface area contributed by atoms with E-state index in [2.05, 4.69) is 6.92 Å². The normalized spacial score (nSPS) is 28.8. The van der Waals surface area contributed by atoms with E-state index in [4.69, 9.17) is 5.26 Å². The van der Waals surface area contributed by atoms with Gasteiger partial charge in [-0.25, -0.2) is 0 Å². The van der Waals surface area contributed by atoms with Gasteiger partial charge in [0.25, 0.3) is 0 Å². The number of halogens is 1. The highest BCUT2D eigenvalue weighted by atomic mass is 19.1. The lowest BCUT2D eigenvalue weighted by Crippen LogP contribution is -2.18. The van der Waals surface area contributed by atoms with Crippen molar-refractivity contribution in [2.45, 2.75) is 122 Å². The molecule has 0 atom stereocenters. The van der Waals surface area contributed by atoms with Gasteiger partial charge in [-0.05, 0) is 42.6 Å². The maximum absolute atomic E-state index is 12.9. The van der Waals surface area contributed by atoms with Crippen LogP contribution < -0.4 is 0 Å². The van der Waals surface area contributed by atoms with Crippen molar-refractivity contribution in [3.05, 3.63) is 11.9 Å². The van der Waals surface area contributed by atoms with Crippen molar-refractivity contribution in [2.75, 3.05) is 0 Å². The van der Waals surface area contributed by atoms with E-state index in [1.807, 2.05) is 0 Å². The molecular formula is C26H44FN. The number of hydrogen-bond acceptors (Lipinski definition) is 1. The molecule has 2 heteroatoms. The Hall–Kier alpha value is -0.840. The smallest absolute Gasteiger partial charge is 0.195 e. The van der Waals surface area contributed by atoms with Crippen LogP contribution in [0.15, 0.2) is 11.9 Å². The number of nitriles is 1. The zero-order valence-electron chi connectivity index (χ0n) is 18.4. The van der Waals surface area contributed by atoms with E-state index in [1.165, 1.54) is 109 Å². The summed E-state index contributed by atoms with van der Waals surface area (Å²) in [7, 11) is 0. The SMILES string of the molecule is CCCCCCC[C@H]1CC[C@H](CC[C@H]2CC[C@H](CCC=C(F)C#N)CC2)CC1. The van der Waals surface area contributed by atoms with Gasteiger partial charge >= 0.3 is 0 Å². The third kappa shape index (κ3) is 9.58. The Bertz CT molecular complexity index is 461. The van der Waals surface area contributed by atoms with Crippen LogP contribution in [-0.2, 0) is 0 Å². The van der Waals surface area contributed by atoms with Crippen LogP contribution >= 0.6 is 0 Å². The zero-order valence-corrected chi connectivity index (χ0v) is 18.4. The highest BCUT2D eigenvalue weighted by Gasteiger charge is 2.24. The number of rotatable bonds is 12. The monoisotopic (exact) mass is 389 g/mol. The summed E-state index contributed by atoms with van der Waals surface area (Å²) in [6.45, 7) is 2.30. The first kappa shape index (κ1) is 23.4. The summed E-state index contributed by atoms with van der Waals surface area (Å²) < 4.78 is 12.9. The van der Waals surface area contributed by atoms with Crippen LogP contribution in [0.4, 0.5) is 4.39 Å². The molecule has 0 bridgehead atoms. The van der Waals surface area contributed by atoms with Crippen LogP contribution in [0.25, 0.3) is 0 Å². The van der Waals surface area contributed by atoms with E-state index < -0.39 is 5.83 Å².